The fourth-order valence-corrected chi connectivity index (χ4v) is 3.85. The zero-order valence-electron chi connectivity index (χ0n) is 10.8. The van der Waals surface area contributed by atoms with Crippen LogP contribution in [0.1, 0.15) is 29.3 Å². The summed E-state index contributed by atoms with van der Waals surface area (Å²) in [7, 11) is -1.03. The molecule has 0 spiro atoms. The van der Waals surface area contributed by atoms with E-state index in [2.05, 4.69) is 0 Å². The molecule has 0 saturated carbocycles. The molecule has 1 aliphatic rings. The van der Waals surface area contributed by atoms with Gasteiger partial charge in [-0.25, -0.2) is 0 Å². The maximum Gasteiger partial charge on any atom is 0.248 e. The first kappa shape index (κ1) is 14.0. The van der Waals surface area contributed by atoms with Crippen LogP contribution in [0, 0.1) is 0 Å². The first-order valence-corrected chi connectivity index (χ1v) is 7.54. The van der Waals surface area contributed by atoms with Gasteiger partial charge in [-0.1, -0.05) is 6.07 Å². The van der Waals surface area contributed by atoms with Gasteiger partial charge in [-0.3, -0.25) is 9.00 Å². The number of primary amides is 1. The van der Waals surface area contributed by atoms with Gasteiger partial charge < -0.3 is 16.2 Å². The van der Waals surface area contributed by atoms with Gasteiger partial charge in [0.1, 0.15) is 0 Å². The van der Waals surface area contributed by atoms with Gasteiger partial charge in [0.15, 0.2) is 0 Å². The highest BCUT2D eigenvalue weighted by molar-refractivity contribution is 7.84. The molecule has 1 amide bonds. The number of nitrogen functional groups attached to an aromatic ring is 1. The van der Waals surface area contributed by atoms with Crippen molar-refractivity contribution in [2.24, 2.45) is 5.73 Å². The summed E-state index contributed by atoms with van der Waals surface area (Å²) in [6, 6.07) is 4.86. The highest BCUT2D eigenvalue weighted by Crippen LogP contribution is 2.23. The summed E-state index contributed by atoms with van der Waals surface area (Å²) in [4.78, 5) is 11.0. The average molecular weight is 282 g/mol. The monoisotopic (exact) mass is 282 g/mol. The van der Waals surface area contributed by atoms with E-state index >= 15 is 0 Å². The molecule has 19 heavy (non-hydrogen) atoms. The zero-order valence-corrected chi connectivity index (χ0v) is 11.6. The van der Waals surface area contributed by atoms with Crippen molar-refractivity contribution in [3.8, 4) is 0 Å². The van der Waals surface area contributed by atoms with E-state index in [1.165, 1.54) is 6.07 Å². The largest absolute Gasteiger partial charge is 0.398 e. The Labute approximate surface area is 114 Å². The number of anilines is 1. The van der Waals surface area contributed by atoms with Crippen LogP contribution >= 0.6 is 0 Å². The second-order valence-electron chi connectivity index (χ2n) is 4.71. The molecule has 1 heterocycles. The molecule has 0 bridgehead atoms. The van der Waals surface area contributed by atoms with Gasteiger partial charge in [0.05, 0.1) is 17.1 Å². The predicted octanol–water partition coefficient (Wildman–Crippen LogP) is 0.794. The molecule has 1 fully saturated rings. The second kappa shape index (κ2) is 5.71. The van der Waals surface area contributed by atoms with E-state index in [-0.39, 0.29) is 11.4 Å². The van der Waals surface area contributed by atoms with Crippen molar-refractivity contribution in [3.05, 3.63) is 29.3 Å². The van der Waals surface area contributed by atoms with Crippen molar-refractivity contribution in [1.82, 2.24) is 0 Å². The van der Waals surface area contributed by atoms with E-state index in [1.807, 2.05) is 6.92 Å². The molecule has 0 aromatic heterocycles. The Morgan fingerprint density at radius 1 is 1.53 bits per heavy atom. The summed E-state index contributed by atoms with van der Waals surface area (Å²) in [5, 5.41) is 0.0511. The van der Waals surface area contributed by atoms with Crippen molar-refractivity contribution < 1.29 is 13.7 Å². The van der Waals surface area contributed by atoms with Crippen molar-refractivity contribution in [1.29, 1.82) is 0 Å². The van der Waals surface area contributed by atoms with Crippen LogP contribution in [0.25, 0.3) is 0 Å². The Balaban J connectivity index is 2.11. The van der Waals surface area contributed by atoms with Gasteiger partial charge in [0.25, 0.3) is 0 Å². The predicted molar refractivity (Wildman–Crippen MR) is 75.0 cm³/mol. The van der Waals surface area contributed by atoms with Gasteiger partial charge in [0.2, 0.25) is 5.91 Å². The number of amides is 1. The Hall–Kier alpha value is -1.40. The molecule has 1 aliphatic heterocycles. The van der Waals surface area contributed by atoms with Gasteiger partial charge in [0, 0.05) is 28.7 Å². The molecule has 3 atom stereocenters. The lowest BCUT2D eigenvalue weighted by Gasteiger charge is -2.14. The van der Waals surface area contributed by atoms with Crippen LogP contribution in [0.4, 0.5) is 5.69 Å². The Kier molecular flexibility index (Phi) is 4.21. The molecule has 1 saturated heterocycles. The highest BCUT2D eigenvalue weighted by Gasteiger charge is 2.29. The van der Waals surface area contributed by atoms with E-state index in [4.69, 9.17) is 16.2 Å². The smallest absolute Gasteiger partial charge is 0.248 e. The van der Waals surface area contributed by atoms with Crippen molar-refractivity contribution in [3.63, 3.8) is 0 Å². The van der Waals surface area contributed by atoms with E-state index in [9.17, 15) is 9.00 Å². The van der Waals surface area contributed by atoms with Gasteiger partial charge >= 0.3 is 0 Å². The van der Waals surface area contributed by atoms with Crippen LogP contribution in [0.3, 0.4) is 0 Å². The average Bonchev–Trinajstić information content (AvgIpc) is 2.77. The molecular weight excluding hydrogens is 264 g/mol. The van der Waals surface area contributed by atoms with Crippen molar-refractivity contribution in [2.75, 3.05) is 12.3 Å². The third-order valence-electron chi connectivity index (χ3n) is 3.37. The number of hydrogen-bond donors (Lipinski definition) is 2. The molecule has 1 aromatic carbocycles. The Bertz CT molecular complexity index is 519. The summed E-state index contributed by atoms with van der Waals surface area (Å²) in [6.45, 7) is 2.60. The second-order valence-corrected chi connectivity index (χ2v) is 6.36. The third-order valence-corrected chi connectivity index (χ3v) is 5.26. The number of carbonyl (C=O) groups excluding carboxylic acids is 1. The number of ether oxygens (including phenoxy) is 1. The summed E-state index contributed by atoms with van der Waals surface area (Å²) in [5.41, 5.74) is 12.6. The zero-order chi connectivity index (χ0) is 14.0. The maximum absolute atomic E-state index is 12.3. The Morgan fingerprint density at radius 2 is 2.26 bits per heavy atom. The molecule has 0 radical (unpaired) electrons. The molecule has 3 unspecified atom stereocenters. The number of benzene rings is 1. The lowest BCUT2D eigenvalue weighted by Crippen LogP contribution is -2.24. The molecule has 6 heteroatoms. The van der Waals surface area contributed by atoms with Crippen molar-refractivity contribution in [2.45, 2.75) is 30.5 Å². The fraction of sp³-hybridized carbons (Fsp3) is 0.462. The number of nitrogens with two attached hydrogens (primary N) is 2. The standard InChI is InChI=1S/C13H18N2O3S/c1-8-12(4-5-18-8)19(17)7-10-3-2-9(13(15)16)6-11(10)14/h2-3,6,8,12H,4-5,7,14H2,1H3,(H2,15,16). The van der Waals surface area contributed by atoms with Crippen molar-refractivity contribution >= 4 is 22.4 Å². The van der Waals surface area contributed by atoms with Gasteiger partial charge in [-0.05, 0) is 31.0 Å². The lowest BCUT2D eigenvalue weighted by molar-refractivity contribution is 0.100. The SMILES string of the molecule is CC1OCCC1S(=O)Cc1ccc(C(N)=O)cc1N. The first-order chi connectivity index (χ1) is 8.99. The minimum absolute atomic E-state index is 0.0203. The van der Waals surface area contributed by atoms with E-state index < -0.39 is 16.7 Å². The van der Waals surface area contributed by atoms with Crippen LogP contribution in [-0.2, 0) is 21.3 Å². The van der Waals surface area contributed by atoms with Crippen LogP contribution in [0.15, 0.2) is 18.2 Å². The van der Waals surface area contributed by atoms with Crippen LogP contribution in [0.5, 0.6) is 0 Å². The molecule has 1 aromatic rings. The normalized spacial score (nSPS) is 24.3. The van der Waals surface area contributed by atoms with Crippen LogP contribution in [-0.4, -0.2) is 28.1 Å². The molecule has 104 valence electrons. The fourth-order valence-electron chi connectivity index (χ4n) is 2.20. The summed E-state index contributed by atoms with van der Waals surface area (Å²) >= 11 is 0. The quantitative estimate of drug-likeness (QED) is 0.798. The Morgan fingerprint density at radius 3 is 2.79 bits per heavy atom. The van der Waals surface area contributed by atoms with E-state index in [1.54, 1.807) is 12.1 Å². The molecule has 0 aliphatic carbocycles. The highest BCUT2D eigenvalue weighted by atomic mass is 32.2. The summed E-state index contributed by atoms with van der Waals surface area (Å²) in [5.74, 6) is -0.138. The first-order valence-electron chi connectivity index (χ1n) is 6.16. The summed E-state index contributed by atoms with van der Waals surface area (Å²) in [6.07, 6.45) is 0.833. The third kappa shape index (κ3) is 3.13. The number of rotatable bonds is 4. The molecular formula is C13H18N2O3S. The van der Waals surface area contributed by atoms with Gasteiger partial charge in [-0.15, -0.1) is 0 Å². The number of hydrogen-bond acceptors (Lipinski definition) is 4. The maximum atomic E-state index is 12.3. The van der Waals surface area contributed by atoms with E-state index in [0.29, 0.717) is 23.6 Å². The van der Waals surface area contributed by atoms with Gasteiger partial charge in [-0.2, -0.15) is 0 Å². The lowest BCUT2D eigenvalue weighted by atomic mass is 10.1. The molecule has 5 nitrogen and oxygen atoms in total. The minimum Gasteiger partial charge on any atom is -0.398 e. The summed E-state index contributed by atoms with van der Waals surface area (Å²) < 4.78 is 17.7. The minimum atomic E-state index is -1.03. The van der Waals surface area contributed by atoms with Crippen LogP contribution in [0.2, 0.25) is 0 Å². The number of carbonyl (C=O) groups is 1. The van der Waals surface area contributed by atoms with E-state index in [0.717, 1.165) is 12.0 Å². The van der Waals surface area contributed by atoms with Crippen LogP contribution < -0.4 is 11.5 Å². The molecule has 2 rings (SSSR count). The topological polar surface area (TPSA) is 95.4 Å². The molecule has 4 N–H and O–H groups in total.